The SMILES string of the molecule is Cc1cc(C)c(C(N)=S)c(NCC(C)(C)c2cccs2)n1. The fourth-order valence-corrected chi connectivity index (χ4v) is 3.44. The Labute approximate surface area is 135 Å². The fraction of sp³-hybridized carbons (Fsp3) is 0.375. The van der Waals surface area contributed by atoms with Gasteiger partial charge in [0.2, 0.25) is 0 Å². The summed E-state index contributed by atoms with van der Waals surface area (Å²) >= 11 is 6.94. The standard InChI is InChI=1S/C16H21N3S2/c1-10-8-11(2)19-15(13(10)14(17)20)18-9-16(3,4)12-6-5-7-21-12/h5-8H,9H2,1-4H3,(H2,17,20)(H,18,19). The lowest BCUT2D eigenvalue weighted by molar-refractivity contribution is 0.568. The van der Waals surface area contributed by atoms with Gasteiger partial charge < -0.3 is 11.1 Å². The molecule has 0 saturated heterocycles. The summed E-state index contributed by atoms with van der Waals surface area (Å²) in [7, 11) is 0. The molecular formula is C16H21N3S2. The van der Waals surface area contributed by atoms with Gasteiger partial charge in [-0.2, -0.15) is 0 Å². The van der Waals surface area contributed by atoms with Crippen LogP contribution in [0.4, 0.5) is 5.82 Å². The maximum atomic E-state index is 5.85. The highest BCUT2D eigenvalue weighted by Gasteiger charge is 2.22. The number of hydrogen-bond donors (Lipinski definition) is 2. The lowest BCUT2D eigenvalue weighted by atomic mass is 9.91. The molecule has 2 heterocycles. The fourth-order valence-electron chi connectivity index (χ4n) is 2.33. The molecule has 2 aromatic rings. The van der Waals surface area contributed by atoms with E-state index in [1.807, 2.05) is 19.9 Å². The van der Waals surface area contributed by atoms with Gasteiger partial charge >= 0.3 is 0 Å². The highest BCUT2D eigenvalue weighted by Crippen LogP contribution is 2.28. The molecule has 5 heteroatoms. The number of aryl methyl sites for hydroxylation is 2. The van der Waals surface area contributed by atoms with Gasteiger partial charge in [-0.1, -0.05) is 32.1 Å². The van der Waals surface area contributed by atoms with E-state index in [2.05, 4.69) is 41.7 Å². The van der Waals surface area contributed by atoms with Crippen LogP contribution in [0.25, 0.3) is 0 Å². The first-order chi connectivity index (χ1) is 9.81. The van der Waals surface area contributed by atoms with Gasteiger partial charge in [-0.3, -0.25) is 0 Å². The Hall–Kier alpha value is -1.46. The first-order valence-corrected chi connectivity index (χ1v) is 8.16. The second-order valence-electron chi connectivity index (χ2n) is 5.88. The zero-order chi connectivity index (χ0) is 15.6. The van der Waals surface area contributed by atoms with E-state index < -0.39 is 0 Å². The Bertz CT molecular complexity index is 646. The molecule has 3 N–H and O–H groups in total. The molecule has 0 aromatic carbocycles. The summed E-state index contributed by atoms with van der Waals surface area (Å²) in [6.45, 7) is 9.20. The minimum Gasteiger partial charge on any atom is -0.389 e. The third-order valence-electron chi connectivity index (χ3n) is 3.48. The molecule has 0 aliphatic rings. The molecule has 0 aliphatic heterocycles. The predicted octanol–water partition coefficient (Wildman–Crippen LogP) is 3.78. The molecule has 2 aromatic heterocycles. The molecule has 0 unspecified atom stereocenters. The van der Waals surface area contributed by atoms with Gasteiger partial charge in [-0.25, -0.2) is 4.98 Å². The number of anilines is 1. The van der Waals surface area contributed by atoms with Crippen molar-refractivity contribution in [2.45, 2.75) is 33.1 Å². The molecule has 0 aliphatic carbocycles. The second kappa shape index (κ2) is 6.12. The van der Waals surface area contributed by atoms with Gasteiger partial charge in [0.1, 0.15) is 10.8 Å². The average Bonchev–Trinajstić information content (AvgIpc) is 2.89. The number of nitrogens with zero attached hydrogens (tertiary/aromatic N) is 1. The first-order valence-electron chi connectivity index (χ1n) is 6.87. The Morgan fingerprint density at radius 1 is 1.43 bits per heavy atom. The molecule has 0 saturated carbocycles. The molecule has 0 amide bonds. The molecular weight excluding hydrogens is 298 g/mol. The first kappa shape index (κ1) is 15.9. The van der Waals surface area contributed by atoms with Crippen LogP contribution in [0.2, 0.25) is 0 Å². The zero-order valence-corrected chi connectivity index (χ0v) is 14.5. The monoisotopic (exact) mass is 319 g/mol. The molecule has 0 radical (unpaired) electrons. The van der Waals surface area contributed by atoms with E-state index in [-0.39, 0.29) is 5.41 Å². The van der Waals surface area contributed by atoms with Crippen molar-refractivity contribution >= 4 is 34.4 Å². The molecule has 0 bridgehead atoms. The number of rotatable bonds is 5. The van der Waals surface area contributed by atoms with Crippen molar-refractivity contribution in [1.29, 1.82) is 0 Å². The topological polar surface area (TPSA) is 50.9 Å². The van der Waals surface area contributed by atoms with Crippen LogP contribution >= 0.6 is 23.6 Å². The van der Waals surface area contributed by atoms with E-state index in [4.69, 9.17) is 18.0 Å². The van der Waals surface area contributed by atoms with Gasteiger partial charge in [0.05, 0.1) is 5.56 Å². The summed E-state index contributed by atoms with van der Waals surface area (Å²) in [6, 6.07) is 6.25. The molecule has 21 heavy (non-hydrogen) atoms. The van der Waals surface area contributed by atoms with Crippen molar-refractivity contribution in [2.24, 2.45) is 5.73 Å². The van der Waals surface area contributed by atoms with E-state index in [9.17, 15) is 0 Å². The number of pyridine rings is 1. The molecule has 3 nitrogen and oxygen atoms in total. The van der Waals surface area contributed by atoms with Crippen molar-refractivity contribution in [2.75, 3.05) is 11.9 Å². The van der Waals surface area contributed by atoms with Crippen LogP contribution < -0.4 is 11.1 Å². The molecule has 0 fully saturated rings. The summed E-state index contributed by atoms with van der Waals surface area (Å²) < 4.78 is 0. The number of nitrogens with one attached hydrogen (secondary N) is 1. The van der Waals surface area contributed by atoms with Gasteiger partial charge in [0.25, 0.3) is 0 Å². The highest BCUT2D eigenvalue weighted by atomic mass is 32.1. The van der Waals surface area contributed by atoms with Crippen LogP contribution in [0.3, 0.4) is 0 Å². The number of aromatic nitrogens is 1. The van der Waals surface area contributed by atoms with Crippen molar-refractivity contribution in [3.63, 3.8) is 0 Å². The van der Waals surface area contributed by atoms with Crippen LogP contribution in [0.15, 0.2) is 23.6 Å². The van der Waals surface area contributed by atoms with E-state index in [0.29, 0.717) is 4.99 Å². The largest absolute Gasteiger partial charge is 0.389 e. The van der Waals surface area contributed by atoms with Crippen LogP contribution in [-0.4, -0.2) is 16.5 Å². The van der Waals surface area contributed by atoms with Crippen LogP contribution in [-0.2, 0) is 5.41 Å². The normalized spacial score (nSPS) is 11.4. The smallest absolute Gasteiger partial charge is 0.136 e. The summed E-state index contributed by atoms with van der Waals surface area (Å²) in [6.07, 6.45) is 0. The molecule has 2 rings (SSSR count). The third-order valence-corrected chi connectivity index (χ3v) is 4.92. The zero-order valence-electron chi connectivity index (χ0n) is 12.9. The van der Waals surface area contributed by atoms with Gasteiger partial charge in [-0.15, -0.1) is 11.3 Å². The number of hydrogen-bond acceptors (Lipinski definition) is 4. The lowest BCUT2D eigenvalue weighted by Gasteiger charge is -2.25. The maximum Gasteiger partial charge on any atom is 0.136 e. The summed E-state index contributed by atoms with van der Waals surface area (Å²) in [4.78, 5) is 6.29. The Kier molecular flexibility index (Phi) is 4.64. The minimum atomic E-state index is 0.0288. The Morgan fingerprint density at radius 2 is 2.14 bits per heavy atom. The summed E-state index contributed by atoms with van der Waals surface area (Å²) in [5.41, 5.74) is 8.75. The van der Waals surface area contributed by atoms with Gasteiger partial charge in [0.15, 0.2) is 0 Å². The molecule has 0 atom stereocenters. The van der Waals surface area contributed by atoms with E-state index in [1.54, 1.807) is 11.3 Å². The number of thiocarbonyl (C=S) groups is 1. The van der Waals surface area contributed by atoms with Crippen molar-refractivity contribution in [1.82, 2.24) is 4.98 Å². The summed E-state index contributed by atoms with van der Waals surface area (Å²) in [5.74, 6) is 0.782. The van der Waals surface area contributed by atoms with E-state index in [1.165, 1.54) is 4.88 Å². The van der Waals surface area contributed by atoms with Crippen LogP contribution in [0, 0.1) is 13.8 Å². The maximum absolute atomic E-state index is 5.85. The van der Waals surface area contributed by atoms with E-state index >= 15 is 0 Å². The van der Waals surface area contributed by atoms with Crippen molar-refractivity contribution in [3.05, 3.63) is 45.3 Å². The number of thiophene rings is 1. The van der Waals surface area contributed by atoms with Gasteiger partial charge in [0, 0.05) is 22.5 Å². The van der Waals surface area contributed by atoms with Gasteiger partial charge in [-0.05, 0) is 36.9 Å². The van der Waals surface area contributed by atoms with Crippen LogP contribution in [0.5, 0.6) is 0 Å². The minimum absolute atomic E-state index is 0.0288. The predicted molar refractivity (Wildman–Crippen MR) is 95.4 cm³/mol. The molecule has 0 spiro atoms. The van der Waals surface area contributed by atoms with Crippen molar-refractivity contribution in [3.8, 4) is 0 Å². The Morgan fingerprint density at radius 3 is 2.71 bits per heavy atom. The molecule has 112 valence electrons. The quantitative estimate of drug-likeness (QED) is 0.823. The van der Waals surface area contributed by atoms with Crippen LogP contribution in [0.1, 0.15) is 35.5 Å². The highest BCUT2D eigenvalue weighted by molar-refractivity contribution is 7.80. The van der Waals surface area contributed by atoms with E-state index in [0.717, 1.165) is 29.2 Å². The lowest BCUT2D eigenvalue weighted by Crippen LogP contribution is -2.28. The second-order valence-corrected chi connectivity index (χ2v) is 7.27. The average molecular weight is 319 g/mol. The number of nitrogens with two attached hydrogens (primary N) is 1. The summed E-state index contributed by atoms with van der Waals surface area (Å²) in [5, 5.41) is 5.54. The third kappa shape index (κ3) is 3.60. The van der Waals surface area contributed by atoms with Crippen molar-refractivity contribution < 1.29 is 0 Å². The Balaban J connectivity index is 2.26.